The SMILES string of the molecule is CC(N)CCc1ccc2c(c1)nc(C(C)C)n2C. The van der Waals surface area contributed by atoms with E-state index in [1.807, 2.05) is 0 Å². The predicted molar refractivity (Wildman–Crippen MR) is 76.8 cm³/mol. The minimum atomic E-state index is 0.260. The van der Waals surface area contributed by atoms with Crippen molar-refractivity contribution in [1.82, 2.24) is 9.55 Å². The van der Waals surface area contributed by atoms with Crippen LogP contribution in [0.3, 0.4) is 0 Å². The van der Waals surface area contributed by atoms with E-state index in [0.29, 0.717) is 5.92 Å². The fraction of sp³-hybridized carbons (Fsp3) is 0.533. The van der Waals surface area contributed by atoms with Gasteiger partial charge in [-0.05, 0) is 37.5 Å². The van der Waals surface area contributed by atoms with Crippen LogP contribution in [0.1, 0.15) is 44.5 Å². The summed E-state index contributed by atoms with van der Waals surface area (Å²) in [5.41, 5.74) is 9.44. The van der Waals surface area contributed by atoms with E-state index in [9.17, 15) is 0 Å². The minimum absolute atomic E-state index is 0.260. The van der Waals surface area contributed by atoms with Gasteiger partial charge in [0.05, 0.1) is 11.0 Å². The highest BCUT2D eigenvalue weighted by Crippen LogP contribution is 2.22. The molecule has 18 heavy (non-hydrogen) atoms. The second-order valence-electron chi connectivity index (χ2n) is 5.52. The molecule has 1 aromatic carbocycles. The first-order valence-electron chi connectivity index (χ1n) is 6.70. The van der Waals surface area contributed by atoms with Gasteiger partial charge in [0.15, 0.2) is 0 Å². The Bertz CT molecular complexity index is 538. The molecule has 98 valence electrons. The summed E-state index contributed by atoms with van der Waals surface area (Å²) in [6.07, 6.45) is 2.05. The van der Waals surface area contributed by atoms with Crippen LogP contribution in [-0.4, -0.2) is 15.6 Å². The summed E-state index contributed by atoms with van der Waals surface area (Å²) >= 11 is 0. The van der Waals surface area contributed by atoms with Crippen molar-refractivity contribution in [3.05, 3.63) is 29.6 Å². The molecule has 0 saturated heterocycles. The van der Waals surface area contributed by atoms with Gasteiger partial charge in [0.1, 0.15) is 5.82 Å². The fourth-order valence-electron chi connectivity index (χ4n) is 2.33. The van der Waals surface area contributed by atoms with Crippen LogP contribution in [-0.2, 0) is 13.5 Å². The molecule has 0 radical (unpaired) electrons. The van der Waals surface area contributed by atoms with Crippen LogP contribution in [0.4, 0.5) is 0 Å². The van der Waals surface area contributed by atoms with E-state index in [1.165, 1.54) is 11.1 Å². The maximum Gasteiger partial charge on any atom is 0.112 e. The molecule has 2 N–H and O–H groups in total. The molecule has 0 saturated carbocycles. The van der Waals surface area contributed by atoms with Gasteiger partial charge in [0.2, 0.25) is 0 Å². The Balaban J connectivity index is 2.34. The lowest BCUT2D eigenvalue weighted by Crippen LogP contribution is -2.15. The topological polar surface area (TPSA) is 43.8 Å². The minimum Gasteiger partial charge on any atom is -0.331 e. The second-order valence-corrected chi connectivity index (χ2v) is 5.52. The molecular formula is C15H23N3. The van der Waals surface area contributed by atoms with E-state index in [4.69, 9.17) is 10.7 Å². The molecule has 1 heterocycles. The summed E-state index contributed by atoms with van der Waals surface area (Å²) in [5.74, 6) is 1.60. The molecule has 0 bridgehead atoms. The second kappa shape index (κ2) is 5.11. The smallest absolute Gasteiger partial charge is 0.112 e. The lowest BCUT2D eigenvalue weighted by atomic mass is 10.1. The van der Waals surface area contributed by atoms with E-state index in [1.54, 1.807) is 0 Å². The summed E-state index contributed by atoms with van der Waals surface area (Å²) < 4.78 is 2.19. The van der Waals surface area contributed by atoms with E-state index in [2.05, 4.69) is 50.6 Å². The highest BCUT2D eigenvalue weighted by Gasteiger charge is 2.11. The summed E-state index contributed by atoms with van der Waals surface area (Å²) in [4.78, 5) is 4.73. The first-order chi connectivity index (χ1) is 8.49. The van der Waals surface area contributed by atoms with Crippen molar-refractivity contribution in [2.24, 2.45) is 12.8 Å². The van der Waals surface area contributed by atoms with Crippen LogP contribution in [0.5, 0.6) is 0 Å². The van der Waals surface area contributed by atoms with Crippen molar-refractivity contribution >= 4 is 11.0 Å². The molecule has 1 atom stereocenters. The summed E-state index contributed by atoms with van der Waals surface area (Å²) in [7, 11) is 2.09. The van der Waals surface area contributed by atoms with E-state index in [0.717, 1.165) is 24.2 Å². The Morgan fingerprint density at radius 2 is 2.00 bits per heavy atom. The maximum absolute atomic E-state index is 5.80. The summed E-state index contributed by atoms with van der Waals surface area (Å²) in [6.45, 7) is 6.41. The lowest BCUT2D eigenvalue weighted by molar-refractivity contribution is 0.666. The average Bonchev–Trinajstić information content (AvgIpc) is 2.64. The van der Waals surface area contributed by atoms with Crippen molar-refractivity contribution in [2.75, 3.05) is 0 Å². The molecule has 2 aromatic rings. The third-order valence-corrected chi connectivity index (χ3v) is 3.38. The van der Waals surface area contributed by atoms with Crippen LogP contribution < -0.4 is 5.73 Å². The Kier molecular flexibility index (Phi) is 3.71. The molecular weight excluding hydrogens is 222 g/mol. The largest absolute Gasteiger partial charge is 0.331 e. The number of aromatic nitrogens is 2. The molecule has 3 nitrogen and oxygen atoms in total. The quantitative estimate of drug-likeness (QED) is 0.900. The van der Waals surface area contributed by atoms with Crippen LogP contribution in [0.15, 0.2) is 18.2 Å². The Hall–Kier alpha value is -1.35. The van der Waals surface area contributed by atoms with Gasteiger partial charge in [-0.25, -0.2) is 4.98 Å². The predicted octanol–water partition coefficient (Wildman–Crippen LogP) is 2.98. The van der Waals surface area contributed by atoms with E-state index in [-0.39, 0.29) is 6.04 Å². The number of nitrogens with zero attached hydrogens (tertiary/aromatic N) is 2. The molecule has 0 amide bonds. The molecule has 1 unspecified atom stereocenters. The Morgan fingerprint density at radius 1 is 1.28 bits per heavy atom. The summed E-state index contributed by atoms with van der Waals surface area (Å²) in [5, 5.41) is 0. The highest BCUT2D eigenvalue weighted by atomic mass is 15.1. The number of benzene rings is 1. The van der Waals surface area contributed by atoms with Gasteiger partial charge in [0, 0.05) is 19.0 Å². The molecule has 0 aliphatic carbocycles. The number of aryl methyl sites for hydroxylation is 2. The van der Waals surface area contributed by atoms with E-state index < -0.39 is 0 Å². The molecule has 1 aromatic heterocycles. The third kappa shape index (κ3) is 2.56. The van der Waals surface area contributed by atoms with Gasteiger partial charge in [-0.3, -0.25) is 0 Å². The number of rotatable bonds is 4. The third-order valence-electron chi connectivity index (χ3n) is 3.38. The van der Waals surface area contributed by atoms with Gasteiger partial charge in [-0.1, -0.05) is 19.9 Å². The molecule has 0 fully saturated rings. The fourth-order valence-corrected chi connectivity index (χ4v) is 2.33. The van der Waals surface area contributed by atoms with Gasteiger partial charge in [0.25, 0.3) is 0 Å². The number of imidazole rings is 1. The van der Waals surface area contributed by atoms with Crippen molar-refractivity contribution in [2.45, 2.75) is 45.6 Å². The first kappa shape index (κ1) is 13.1. The zero-order chi connectivity index (χ0) is 13.3. The average molecular weight is 245 g/mol. The number of hydrogen-bond donors (Lipinski definition) is 1. The van der Waals surface area contributed by atoms with Crippen molar-refractivity contribution in [3.8, 4) is 0 Å². The van der Waals surface area contributed by atoms with Crippen LogP contribution in [0, 0.1) is 0 Å². The van der Waals surface area contributed by atoms with Crippen molar-refractivity contribution < 1.29 is 0 Å². The van der Waals surface area contributed by atoms with Crippen LogP contribution in [0.25, 0.3) is 11.0 Å². The van der Waals surface area contributed by atoms with Crippen LogP contribution in [0.2, 0.25) is 0 Å². The number of nitrogens with two attached hydrogens (primary N) is 1. The molecule has 0 aliphatic rings. The standard InChI is InChI=1S/C15H23N3/c1-10(2)15-17-13-9-12(6-5-11(3)16)7-8-14(13)18(15)4/h7-11H,5-6,16H2,1-4H3. The molecule has 0 aliphatic heterocycles. The number of fused-ring (bicyclic) bond motifs is 1. The Morgan fingerprint density at radius 3 is 2.61 bits per heavy atom. The lowest BCUT2D eigenvalue weighted by Gasteiger charge is -2.05. The van der Waals surface area contributed by atoms with Gasteiger partial charge < -0.3 is 10.3 Å². The van der Waals surface area contributed by atoms with Gasteiger partial charge in [-0.15, -0.1) is 0 Å². The monoisotopic (exact) mass is 245 g/mol. The Labute approximate surface area is 109 Å². The summed E-state index contributed by atoms with van der Waals surface area (Å²) in [6, 6.07) is 6.82. The van der Waals surface area contributed by atoms with Gasteiger partial charge in [-0.2, -0.15) is 0 Å². The normalized spacial score (nSPS) is 13.4. The first-order valence-corrected chi connectivity index (χ1v) is 6.70. The molecule has 0 spiro atoms. The van der Waals surface area contributed by atoms with Crippen molar-refractivity contribution in [3.63, 3.8) is 0 Å². The zero-order valence-corrected chi connectivity index (χ0v) is 11.8. The van der Waals surface area contributed by atoms with E-state index >= 15 is 0 Å². The van der Waals surface area contributed by atoms with Crippen LogP contribution >= 0.6 is 0 Å². The molecule has 3 heteroatoms. The zero-order valence-electron chi connectivity index (χ0n) is 11.8. The number of hydrogen-bond acceptors (Lipinski definition) is 2. The van der Waals surface area contributed by atoms with Crippen molar-refractivity contribution in [1.29, 1.82) is 0 Å². The molecule has 2 rings (SSSR count). The maximum atomic E-state index is 5.80. The van der Waals surface area contributed by atoms with Gasteiger partial charge >= 0.3 is 0 Å². The highest BCUT2D eigenvalue weighted by molar-refractivity contribution is 5.77.